The van der Waals surface area contributed by atoms with Crippen LogP contribution in [0.3, 0.4) is 0 Å². The molecule has 4 aliphatic rings. The van der Waals surface area contributed by atoms with Crippen molar-refractivity contribution in [1.29, 1.82) is 5.26 Å². The van der Waals surface area contributed by atoms with Crippen LogP contribution in [0.25, 0.3) is 10.8 Å². The summed E-state index contributed by atoms with van der Waals surface area (Å²) in [5, 5.41) is 12.4. The molecular weight excluding hydrogens is 629 g/mol. The molecule has 240 valence electrons. The number of aromatic nitrogens is 3. The van der Waals surface area contributed by atoms with E-state index in [0.29, 0.717) is 62.9 Å². The number of carbonyl (C=O) groups excluding carboxylic acids is 1. The SMILES string of the molecule is C[C@]1(OC2CC2)SC1COc1nc2c(c(N3CCN(C(=O)/C=C/CF)[C@@H](CC#N)C3)n1)CCN(c1cncc3cccc(Cl)c13)C2. The number of alkyl halides is 1. The number of hydrogen-bond acceptors (Lipinski definition) is 10. The zero-order chi connectivity index (χ0) is 31.8. The number of amides is 1. The Bertz CT molecular complexity index is 1710. The molecule has 0 spiro atoms. The number of halogens is 2. The second-order valence-electron chi connectivity index (χ2n) is 12.2. The van der Waals surface area contributed by atoms with Gasteiger partial charge in [0.05, 0.1) is 59.0 Å². The standard InChI is InChI=1S/C33H35ClFN7O3S/c1-33(45-23-7-8-23)28(46-33)20-44-32-38-26-19-40(27-17-37-16-21-4-2-5-25(34)30(21)27)13-10-24(26)31(39-32)41-14-15-42(22(18-41)9-12-36)29(43)6-3-11-35/h2-6,16-17,22-23,28H,7-11,13-15,18-20H2,1H3/b6-3+/t22-,28?,33-/m0/s1. The van der Waals surface area contributed by atoms with Crippen molar-refractivity contribution in [3.8, 4) is 12.1 Å². The first-order valence-electron chi connectivity index (χ1n) is 15.7. The number of fused-ring (bicyclic) bond motifs is 2. The van der Waals surface area contributed by atoms with E-state index in [1.54, 1.807) is 16.7 Å². The third-order valence-corrected chi connectivity index (χ3v) is 10.8. The lowest BCUT2D eigenvalue weighted by Crippen LogP contribution is -2.55. The Labute approximate surface area is 276 Å². The van der Waals surface area contributed by atoms with Crippen LogP contribution in [0.1, 0.15) is 37.4 Å². The van der Waals surface area contributed by atoms with E-state index in [1.807, 2.05) is 30.6 Å². The van der Waals surface area contributed by atoms with Crippen LogP contribution in [-0.2, 0) is 22.5 Å². The number of thioether (sulfide) groups is 1. The average Bonchev–Trinajstić information content (AvgIpc) is 4.00. The quantitative estimate of drug-likeness (QED) is 0.215. The number of pyridine rings is 1. The number of ether oxygens (including phenoxy) is 2. The summed E-state index contributed by atoms with van der Waals surface area (Å²) >= 11 is 8.44. The molecule has 3 fully saturated rings. The fraction of sp³-hybridized carbons (Fsp3) is 0.485. The van der Waals surface area contributed by atoms with Gasteiger partial charge in [-0.25, -0.2) is 4.39 Å². The van der Waals surface area contributed by atoms with Crippen LogP contribution in [0, 0.1) is 11.3 Å². The van der Waals surface area contributed by atoms with Crippen molar-refractivity contribution in [2.24, 2.45) is 0 Å². The Hall–Kier alpha value is -3.66. The molecule has 1 saturated carbocycles. The molecule has 2 aromatic heterocycles. The van der Waals surface area contributed by atoms with E-state index in [9.17, 15) is 14.4 Å². The number of benzene rings is 1. The van der Waals surface area contributed by atoms with E-state index in [0.717, 1.165) is 46.4 Å². The Kier molecular flexibility index (Phi) is 8.65. The zero-order valence-corrected chi connectivity index (χ0v) is 27.1. The number of anilines is 2. The number of piperazine rings is 1. The monoisotopic (exact) mass is 663 g/mol. The van der Waals surface area contributed by atoms with Crippen molar-refractivity contribution in [3.05, 3.63) is 59.0 Å². The van der Waals surface area contributed by atoms with Gasteiger partial charge in [0.2, 0.25) is 5.91 Å². The smallest absolute Gasteiger partial charge is 0.318 e. The molecule has 1 unspecified atom stereocenters. The molecule has 5 heterocycles. The maximum absolute atomic E-state index is 12.8. The summed E-state index contributed by atoms with van der Waals surface area (Å²) in [4.78, 5) is 33.0. The van der Waals surface area contributed by atoms with Crippen molar-refractivity contribution in [2.75, 3.05) is 49.3 Å². The number of carbonyl (C=O) groups is 1. The van der Waals surface area contributed by atoms with Crippen LogP contribution in [0.2, 0.25) is 5.02 Å². The molecule has 0 radical (unpaired) electrons. The van der Waals surface area contributed by atoms with E-state index >= 15 is 0 Å². The van der Waals surface area contributed by atoms with Gasteiger partial charge in [0, 0.05) is 54.8 Å². The predicted octanol–water partition coefficient (Wildman–Crippen LogP) is 5.09. The summed E-state index contributed by atoms with van der Waals surface area (Å²) in [6, 6.07) is 7.98. The number of rotatable bonds is 10. The number of allylic oxidation sites excluding steroid dienone is 1. The van der Waals surface area contributed by atoms with Gasteiger partial charge in [0.25, 0.3) is 0 Å². The van der Waals surface area contributed by atoms with Gasteiger partial charge in [-0.3, -0.25) is 9.78 Å². The molecule has 7 rings (SSSR count). The highest BCUT2D eigenvalue weighted by molar-refractivity contribution is 8.08. The third-order valence-electron chi connectivity index (χ3n) is 9.01. The largest absolute Gasteiger partial charge is 0.462 e. The van der Waals surface area contributed by atoms with Gasteiger partial charge in [-0.05, 0) is 38.3 Å². The van der Waals surface area contributed by atoms with Crippen molar-refractivity contribution in [1.82, 2.24) is 19.9 Å². The average molecular weight is 664 g/mol. The fourth-order valence-corrected chi connectivity index (χ4v) is 7.62. The first kappa shape index (κ1) is 31.0. The molecule has 2 saturated heterocycles. The molecular formula is C33H35ClFN7O3S. The Morgan fingerprint density at radius 3 is 2.91 bits per heavy atom. The van der Waals surface area contributed by atoms with Crippen LogP contribution in [-0.4, -0.2) is 87.5 Å². The maximum atomic E-state index is 12.8. The van der Waals surface area contributed by atoms with E-state index in [1.165, 1.54) is 12.2 Å². The lowest BCUT2D eigenvalue weighted by molar-refractivity contribution is -0.128. The van der Waals surface area contributed by atoms with Crippen molar-refractivity contribution >= 4 is 51.5 Å². The highest BCUT2D eigenvalue weighted by atomic mass is 35.5. The van der Waals surface area contributed by atoms with Crippen LogP contribution in [0.5, 0.6) is 6.01 Å². The van der Waals surface area contributed by atoms with Crippen molar-refractivity contribution in [3.63, 3.8) is 0 Å². The first-order chi connectivity index (χ1) is 22.4. The highest BCUT2D eigenvalue weighted by Gasteiger charge is 2.56. The Morgan fingerprint density at radius 2 is 2.11 bits per heavy atom. The Morgan fingerprint density at radius 1 is 1.24 bits per heavy atom. The lowest BCUT2D eigenvalue weighted by Gasteiger charge is -2.42. The zero-order valence-electron chi connectivity index (χ0n) is 25.6. The molecule has 0 bridgehead atoms. The molecule has 3 aromatic rings. The van der Waals surface area contributed by atoms with Crippen molar-refractivity contribution < 1.29 is 18.7 Å². The molecule has 0 N–H and O–H groups in total. The number of nitriles is 1. The van der Waals surface area contributed by atoms with Gasteiger partial charge in [0.1, 0.15) is 24.0 Å². The molecule has 10 nitrogen and oxygen atoms in total. The van der Waals surface area contributed by atoms with E-state index in [2.05, 4.69) is 27.8 Å². The Balaban J connectivity index is 1.18. The second kappa shape index (κ2) is 12.9. The first-order valence-corrected chi connectivity index (χ1v) is 16.9. The molecule has 3 aliphatic heterocycles. The summed E-state index contributed by atoms with van der Waals surface area (Å²) in [7, 11) is 0. The minimum absolute atomic E-state index is 0.156. The molecule has 1 aromatic carbocycles. The van der Waals surface area contributed by atoms with E-state index in [4.69, 9.17) is 31.0 Å². The summed E-state index contributed by atoms with van der Waals surface area (Å²) in [5.41, 5.74) is 2.83. The van der Waals surface area contributed by atoms with Crippen LogP contribution in [0.15, 0.2) is 42.7 Å². The van der Waals surface area contributed by atoms with Gasteiger partial charge in [-0.15, -0.1) is 11.8 Å². The normalized spacial score (nSPS) is 24.3. The van der Waals surface area contributed by atoms with Crippen LogP contribution < -0.4 is 14.5 Å². The number of nitrogens with zero attached hydrogens (tertiary/aromatic N) is 7. The van der Waals surface area contributed by atoms with Gasteiger partial charge in [-0.1, -0.05) is 23.7 Å². The van der Waals surface area contributed by atoms with Gasteiger partial charge in [0.15, 0.2) is 0 Å². The molecule has 46 heavy (non-hydrogen) atoms. The summed E-state index contributed by atoms with van der Waals surface area (Å²) < 4.78 is 25.2. The maximum Gasteiger partial charge on any atom is 0.318 e. The van der Waals surface area contributed by atoms with E-state index < -0.39 is 6.67 Å². The van der Waals surface area contributed by atoms with Gasteiger partial charge < -0.3 is 24.2 Å². The fourth-order valence-electron chi connectivity index (χ4n) is 6.39. The minimum Gasteiger partial charge on any atom is -0.462 e. The van der Waals surface area contributed by atoms with E-state index in [-0.39, 0.29) is 28.6 Å². The summed E-state index contributed by atoms with van der Waals surface area (Å²) in [6.07, 6.45) is 9.55. The van der Waals surface area contributed by atoms with Gasteiger partial charge in [-0.2, -0.15) is 15.2 Å². The molecule has 1 aliphatic carbocycles. The second-order valence-corrected chi connectivity index (χ2v) is 14.2. The molecule has 1 amide bonds. The van der Waals surface area contributed by atoms with Crippen molar-refractivity contribution in [2.45, 2.75) is 61.5 Å². The van der Waals surface area contributed by atoms with Crippen LogP contribution >= 0.6 is 23.4 Å². The summed E-state index contributed by atoms with van der Waals surface area (Å²) in [5.74, 6) is 0.478. The minimum atomic E-state index is -0.715. The third kappa shape index (κ3) is 6.33. The van der Waals surface area contributed by atoms with Gasteiger partial charge >= 0.3 is 6.01 Å². The predicted molar refractivity (Wildman–Crippen MR) is 176 cm³/mol. The highest BCUT2D eigenvalue weighted by Crippen LogP contribution is 2.56. The van der Waals surface area contributed by atoms with Crippen LogP contribution in [0.4, 0.5) is 15.9 Å². The summed E-state index contributed by atoms with van der Waals surface area (Å²) in [6.45, 7) is 4.37. The molecule has 3 atom stereocenters. The molecule has 13 heteroatoms. The topological polar surface area (TPSA) is 108 Å². The number of hydrogen-bond donors (Lipinski definition) is 0. The lowest BCUT2D eigenvalue weighted by atomic mass is 10.0.